The maximum absolute atomic E-state index is 13.2. The zero-order chi connectivity index (χ0) is 20.0. The van der Waals surface area contributed by atoms with Crippen LogP contribution < -0.4 is 9.62 Å². The van der Waals surface area contributed by atoms with E-state index in [1.165, 1.54) is 0 Å². The second-order valence-corrected chi connectivity index (χ2v) is 8.45. The number of anilines is 1. The van der Waals surface area contributed by atoms with Gasteiger partial charge in [-0.25, -0.2) is 8.42 Å². The summed E-state index contributed by atoms with van der Waals surface area (Å²) < 4.78 is 32.6. The van der Waals surface area contributed by atoms with E-state index < -0.39 is 15.9 Å². The second kappa shape index (κ2) is 9.01. The summed E-state index contributed by atoms with van der Waals surface area (Å²) in [6, 6.07) is 13.4. The van der Waals surface area contributed by atoms with Gasteiger partial charge in [0, 0.05) is 13.2 Å². The number of methoxy groups -OCH3 is 1. The molecular formula is C20H26N2O4S. The smallest absolute Gasteiger partial charge is 0.264 e. The first kappa shape index (κ1) is 20.9. The van der Waals surface area contributed by atoms with Crippen molar-refractivity contribution >= 4 is 21.6 Å². The van der Waals surface area contributed by atoms with Crippen LogP contribution in [0.5, 0.6) is 0 Å². The highest BCUT2D eigenvalue weighted by molar-refractivity contribution is 7.92. The molecule has 0 heterocycles. The van der Waals surface area contributed by atoms with Crippen LogP contribution in [0.15, 0.2) is 53.4 Å². The summed E-state index contributed by atoms with van der Waals surface area (Å²) >= 11 is 0. The predicted molar refractivity (Wildman–Crippen MR) is 106 cm³/mol. The van der Waals surface area contributed by atoms with Gasteiger partial charge in [0.05, 0.1) is 17.2 Å². The molecule has 2 rings (SSSR count). The van der Waals surface area contributed by atoms with Crippen molar-refractivity contribution in [3.63, 3.8) is 0 Å². The van der Waals surface area contributed by atoms with Crippen molar-refractivity contribution in [2.24, 2.45) is 0 Å². The Morgan fingerprint density at radius 3 is 2.37 bits per heavy atom. The van der Waals surface area contributed by atoms with Gasteiger partial charge in [-0.05, 0) is 50.6 Å². The van der Waals surface area contributed by atoms with Crippen LogP contribution in [-0.4, -0.2) is 40.6 Å². The van der Waals surface area contributed by atoms with Crippen LogP contribution in [0, 0.1) is 13.8 Å². The molecule has 2 aromatic rings. The number of rotatable bonds is 8. The summed E-state index contributed by atoms with van der Waals surface area (Å²) in [5.74, 6) is -0.392. The standard InChI is InChI=1S/C20H26N2O4S/c1-15-8-10-19(11-9-15)27(24,25)22(18-7-5-6-16(2)12-18)13-20(23)21-17(3)14-26-4/h5-12,17H,13-14H2,1-4H3,(H,21,23)/t17-/m0/s1. The molecule has 146 valence electrons. The molecule has 1 N–H and O–H groups in total. The van der Waals surface area contributed by atoms with Gasteiger partial charge in [-0.15, -0.1) is 0 Å². The van der Waals surface area contributed by atoms with Crippen molar-refractivity contribution < 1.29 is 17.9 Å². The Morgan fingerprint density at radius 1 is 1.11 bits per heavy atom. The number of carbonyl (C=O) groups excluding carboxylic acids is 1. The van der Waals surface area contributed by atoms with E-state index in [0.717, 1.165) is 15.4 Å². The highest BCUT2D eigenvalue weighted by Crippen LogP contribution is 2.24. The van der Waals surface area contributed by atoms with Crippen LogP contribution in [0.1, 0.15) is 18.1 Å². The first-order valence-electron chi connectivity index (χ1n) is 8.68. The van der Waals surface area contributed by atoms with Crippen molar-refractivity contribution in [3.05, 3.63) is 59.7 Å². The number of ether oxygens (including phenoxy) is 1. The summed E-state index contributed by atoms with van der Waals surface area (Å²) in [7, 11) is -2.34. The van der Waals surface area contributed by atoms with Crippen LogP contribution in [0.4, 0.5) is 5.69 Å². The fourth-order valence-corrected chi connectivity index (χ4v) is 4.09. The number of sulfonamides is 1. The number of benzene rings is 2. The van der Waals surface area contributed by atoms with E-state index >= 15 is 0 Å². The maximum atomic E-state index is 13.2. The minimum Gasteiger partial charge on any atom is -0.383 e. The lowest BCUT2D eigenvalue weighted by Crippen LogP contribution is -2.44. The number of hydrogen-bond acceptors (Lipinski definition) is 4. The third-order valence-electron chi connectivity index (χ3n) is 4.01. The average Bonchev–Trinajstić information content (AvgIpc) is 2.60. The number of hydrogen-bond donors (Lipinski definition) is 1. The van der Waals surface area contributed by atoms with E-state index in [4.69, 9.17) is 4.74 Å². The van der Waals surface area contributed by atoms with Gasteiger partial charge in [-0.2, -0.15) is 0 Å². The molecule has 6 nitrogen and oxygen atoms in total. The van der Waals surface area contributed by atoms with E-state index in [2.05, 4.69) is 5.32 Å². The van der Waals surface area contributed by atoms with Crippen LogP contribution in [-0.2, 0) is 19.6 Å². The van der Waals surface area contributed by atoms with Crippen molar-refractivity contribution in [1.82, 2.24) is 5.32 Å². The van der Waals surface area contributed by atoms with E-state index in [-0.39, 0.29) is 17.5 Å². The highest BCUT2D eigenvalue weighted by Gasteiger charge is 2.27. The number of amides is 1. The summed E-state index contributed by atoms with van der Waals surface area (Å²) in [4.78, 5) is 12.6. The Balaban J connectivity index is 2.38. The molecule has 0 aromatic heterocycles. The molecule has 0 unspecified atom stereocenters. The monoisotopic (exact) mass is 390 g/mol. The first-order chi connectivity index (χ1) is 12.7. The largest absolute Gasteiger partial charge is 0.383 e. The Kier molecular flexibility index (Phi) is 6.98. The van der Waals surface area contributed by atoms with E-state index in [9.17, 15) is 13.2 Å². The van der Waals surface area contributed by atoms with Crippen LogP contribution >= 0.6 is 0 Å². The molecule has 1 amide bonds. The van der Waals surface area contributed by atoms with E-state index in [1.54, 1.807) is 56.5 Å². The molecule has 0 aliphatic rings. The molecule has 0 bridgehead atoms. The zero-order valence-corrected chi connectivity index (χ0v) is 16.9. The highest BCUT2D eigenvalue weighted by atomic mass is 32.2. The normalized spacial score (nSPS) is 12.4. The summed E-state index contributed by atoms with van der Waals surface area (Å²) in [5, 5.41) is 2.76. The van der Waals surface area contributed by atoms with Crippen LogP contribution in [0.2, 0.25) is 0 Å². The van der Waals surface area contributed by atoms with Gasteiger partial charge in [0.25, 0.3) is 10.0 Å². The number of nitrogens with one attached hydrogen (secondary N) is 1. The SMILES string of the molecule is COC[C@H](C)NC(=O)CN(c1cccc(C)c1)S(=O)(=O)c1ccc(C)cc1. The lowest BCUT2D eigenvalue weighted by Gasteiger charge is -2.25. The van der Waals surface area contributed by atoms with E-state index in [0.29, 0.717) is 12.3 Å². The fraction of sp³-hybridized carbons (Fsp3) is 0.350. The summed E-state index contributed by atoms with van der Waals surface area (Å²) in [6.07, 6.45) is 0. The van der Waals surface area contributed by atoms with Crippen LogP contribution in [0.25, 0.3) is 0 Å². The van der Waals surface area contributed by atoms with Crippen molar-refractivity contribution in [2.45, 2.75) is 31.7 Å². The molecule has 0 aliphatic heterocycles. The molecule has 2 aromatic carbocycles. The number of carbonyl (C=O) groups is 1. The van der Waals surface area contributed by atoms with Gasteiger partial charge in [0.1, 0.15) is 6.54 Å². The van der Waals surface area contributed by atoms with Gasteiger partial charge < -0.3 is 10.1 Å². The molecule has 0 saturated heterocycles. The van der Waals surface area contributed by atoms with Gasteiger partial charge >= 0.3 is 0 Å². The predicted octanol–water partition coefficient (Wildman–Crippen LogP) is 2.65. The Morgan fingerprint density at radius 2 is 1.78 bits per heavy atom. The summed E-state index contributed by atoms with van der Waals surface area (Å²) in [6.45, 7) is 5.60. The van der Waals surface area contributed by atoms with Crippen LogP contribution in [0.3, 0.4) is 0 Å². The molecule has 0 spiro atoms. The Hall–Kier alpha value is -2.38. The summed E-state index contributed by atoms with van der Waals surface area (Å²) in [5.41, 5.74) is 2.32. The molecule has 0 fully saturated rings. The van der Waals surface area contributed by atoms with Crippen molar-refractivity contribution in [2.75, 3.05) is 24.6 Å². The molecular weight excluding hydrogens is 364 g/mol. The topological polar surface area (TPSA) is 75.7 Å². The number of aryl methyl sites for hydroxylation is 2. The quantitative estimate of drug-likeness (QED) is 0.752. The molecule has 0 saturated carbocycles. The van der Waals surface area contributed by atoms with Gasteiger partial charge in [0.15, 0.2) is 0 Å². The lowest BCUT2D eigenvalue weighted by atomic mass is 10.2. The van der Waals surface area contributed by atoms with Gasteiger partial charge in [-0.3, -0.25) is 9.10 Å². The average molecular weight is 391 g/mol. The third kappa shape index (κ3) is 5.55. The zero-order valence-electron chi connectivity index (χ0n) is 16.1. The number of nitrogens with zero attached hydrogens (tertiary/aromatic N) is 1. The minimum absolute atomic E-state index is 0.146. The molecule has 27 heavy (non-hydrogen) atoms. The molecule has 0 aliphatic carbocycles. The molecule has 1 atom stereocenters. The van der Waals surface area contributed by atoms with Crippen molar-refractivity contribution in [1.29, 1.82) is 0 Å². The van der Waals surface area contributed by atoms with E-state index in [1.807, 2.05) is 19.9 Å². The second-order valence-electron chi connectivity index (χ2n) is 6.59. The lowest BCUT2D eigenvalue weighted by molar-refractivity contribution is -0.120. The van der Waals surface area contributed by atoms with Crippen molar-refractivity contribution in [3.8, 4) is 0 Å². The Labute approximate surface area is 161 Å². The van der Waals surface area contributed by atoms with Gasteiger partial charge in [0.2, 0.25) is 5.91 Å². The first-order valence-corrected chi connectivity index (χ1v) is 10.1. The van der Waals surface area contributed by atoms with Gasteiger partial charge in [-0.1, -0.05) is 29.8 Å². The maximum Gasteiger partial charge on any atom is 0.264 e. The Bertz CT molecular complexity index is 879. The fourth-order valence-electron chi connectivity index (χ4n) is 2.68. The molecule has 0 radical (unpaired) electrons. The minimum atomic E-state index is -3.89. The third-order valence-corrected chi connectivity index (χ3v) is 5.80. The molecule has 7 heteroatoms.